The number of rotatable bonds is 6. The van der Waals surface area contributed by atoms with Gasteiger partial charge in [-0.25, -0.2) is 0 Å². The van der Waals surface area contributed by atoms with E-state index in [2.05, 4.69) is 20.8 Å². The van der Waals surface area contributed by atoms with E-state index in [9.17, 15) is 13.2 Å². The van der Waals surface area contributed by atoms with Gasteiger partial charge in [-0.3, -0.25) is 0 Å². The summed E-state index contributed by atoms with van der Waals surface area (Å²) in [6, 6.07) is -0.258. The molecule has 1 atom stereocenters. The Bertz CT molecular complexity index is 389. The van der Waals surface area contributed by atoms with Gasteiger partial charge in [0.05, 0.1) is 13.0 Å². The van der Waals surface area contributed by atoms with Crippen LogP contribution in [-0.2, 0) is 6.54 Å². The normalized spacial score (nSPS) is 17.8. The van der Waals surface area contributed by atoms with E-state index in [-0.39, 0.29) is 6.01 Å². The van der Waals surface area contributed by atoms with E-state index in [0.29, 0.717) is 18.5 Å². The third-order valence-corrected chi connectivity index (χ3v) is 2.49. The minimum atomic E-state index is -4.21. The summed E-state index contributed by atoms with van der Waals surface area (Å²) < 4.78 is 41.5. The Morgan fingerprint density at radius 3 is 2.72 bits per heavy atom. The van der Waals surface area contributed by atoms with Crippen LogP contribution in [0, 0.1) is 0 Å². The fraction of sp³-hybridized carbons (Fsp3) is 0.800. The maximum absolute atomic E-state index is 12.1. The molecule has 5 nitrogen and oxygen atoms in total. The highest BCUT2D eigenvalue weighted by Gasteiger charge is 2.30. The summed E-state index contributed by atoms with van der Waals surface area (Å²) in [6.45, 7) is 1.87. The SMILES string of the molecule is CC(CC(F)(F)F)Nc1nnc(CNC2CC2)o1. The van der Waals surface area contributed by atoms with Gasteiger partial charge >= 0.3 is 12.2 Å². The van der Waals surface area contributed by atoms with Crippen LogP contribution >= 0.6 is 0 Å². The highest BCUT2D eigenvalue weighted by atomic mass is 19.4. The van der Waals surface area contributed by atoms with Crippen molar-refractivity contribution in [3.05, 3.63) is 5.89 Å². The van der Waals surface area contributed by atoms with Gasteiger partial charge in [-0.15, -0.1) is 5.10 Å². The lowest BCUT2D eigenvalue weighted by Gasteiger charge is -2.13. The smallest absolute Gasteiger partial charge is 0.391 e. The Balaban J connectivity index is 1.77. The van der Waals surface area contributed by atoms with Crippen molar-refractivity contribution >= 4 is 6.01 Å². The molecule has 0 radical (unpaired) electrons. The van der Waals surface area contributed by atoms with Crippen molar-refractivity contribution in [3.8, 4) is 0 Å². The molecule has 0 bridgehead atoms. The van der Waals surface area contributed by atoms with E-state index in [4.69, 9.17) is 4.42 Å². The lowest BCUT2D eigenvalue weighted by atomic mass is 10.2. The first-order valence-electron chi connectivity index (χ1n) is 5.81. The van der Waals surface area contributed by atoms with Crippen LogP contribution in [0.3, 0.4) is 0 Å². The molecule has 18 heavy (non-hydrogen) atoms. The van der Waals surface area contributed by atoms with Gasteiger partial charge in [-0.2, -0.15) is 13.2 Å². The topological polar surface area (TPSA) is 63.0 Å². The largest absolute Gasteiger partial charge is 0.407 e. The molecule has 0 amide bonds. The number of anilines is 1. The van der Waals surface area contributed by atoms with Crippen LogP contribution in [0.5, 0.6) is 0 Å². The van der Waals surface area contributed by atoms with Crippen LogP contribution < -0.4 is 10.6 Å². The molecule has 0 aliphatic heterocycles. The van der Waals surface area contributed by atoms with Crippen LogP contribution in [-0.4, -0.2) is 28.5 Å². The second kappa shape index (κ2) is 5.13. The van der Waals surface area contributed by atoms with Crippen molar-refractivity contribution in [2.45, 2.75) is 51.0 Å². The van der Waals surface area contributed by atoms with Crippen molar-refractivity contribution < 1.29 is 17.6 Å². The van der Waals surface area contributed by atoms with Gasteiger partial charge in [0.15, 0.2) is 0 Å². The van der Waals surface area contributed by atoms with Crippen molar-refractivity contribution in [2.24, 2.45) is 0 Å². The molecule has 1 aliphatic carbocycles. The molecule has 1 fully saturated rings. The summed E-state index contributed by atoms with van der Waals surface area (Å²) in [5.41, 5.74) is 0. The van der Waals surface area contributed by atoms with Crippen LogP contribution in [0.25, 0.3) is 0 Å². The molecule has 1 aliphatic rings. The van der Waals surface area contributed by atoms with Crippen LogP contribution in [0.4, 0.5) is 19.2 Å². The Hall–Kier alpha value is -1.31. The molecular formula is C10H15F3N4O. The van der Waals surface area contributed by atoms with E-state index in [1.54, 1.807) is 0 Å². The number of nitrogens with one attached hydrogen (secondary N) is 2. The maximum atomic E-state index is 12.1. The summed E-state index contributed by atoms with van der Waals surface area (Å²) in [6.07, 6.45) is -2.86. The fourth-order valence-electron chi connectivity index (χ4n) is 1.51. The molecule has 1 aromatic rings. The zero-order chi connectivity index (χ0) is 13.2. The van der Waals surface area contributed by atoms with Gasteiger partial charge in [-0.1, -0.05) is 5.10 Å². The quantitative estimate of drug-likeness (QED) is 0.823. The standard InChI is InChI=1S/C10H15F3N4O/c1-6(4-10(11,12)13)15-9-17-16-8(18-9)5-14-7-2-3-7/h6-7,14H,2-5H2,1H3,(H,15,17). The van der Waals surface area contributed by atoms with Gasteiger partial charge in [0, 0.05) is 12.1 Å². The monoisotopic (exact) mass is 264 g/mol. The first kappa shape index (κ1) is 13.1. The molecule has 1 saturated carbocycles. The van der Waals surface area contributed by atoms with Gasteiger partial charge in [0.25, 0.3) is 0 Å². The number of hydrogen-bond acceptors (Lipinski definition) is 5. The van der Waals surface area contributed by atoms with Crippen molar-refractivity contribution in [1.82, 2.24) is 15.5 Å². The van der Waals surface area contributed by atoms with E-state index in [0.717, 1.165) is 12.8 Å². The molecule has 1 unspecified atom stereocenters. The van der Waals surface area contributed by atoms with E-state index < -0.39 is 18.6 Å². The molecule has 1 heterocycles. The second-order valence-electron chi connectivity index (χ2n) is 4.52. The molecule has 1 aromatic heterocycles. The lowest BCUT2D eigenvalue weighted by Crippen LogP contribution is -2.23. The fourth-order valence-corrected chi connectivity index (χ4v) is 1.51. The highest BCUT2D eigenvalue weighted by Crippen LogP contribution is 2.23. The Kier molecular flexibility index (Phi) is 3.74. The molecule has 2 N–H and O–H groups in total. The molecule has 2 rings (SSSR count). The zero-order valence-electron chi connectivity index (χ0n) is 9.92. The van der Waals surface area contributed by atoms with Crippen molar-refractivity contribution in [3.63, 3.8) is 0 Å². The summed E-state index contributed by atoms with van der Waals surface area (Å²) in [7, 11) is 0. The summed E-state index contributed by atoms with van der Waals surface area (Å²) in [5, 5.41) is 13.1. The van der Waals surface area contributed by atoms with Gasteiger partial charge in [-0.05, 0) is 19.8 Å². The molecular weight excluding hydrogens is 249 g/mol. The average Bonchev–Trinajstić information content (AvgIpc) is 2.94. The van der Waals surface area contributed by atoms with Crippen LogP contribution in [0.2, 0.25) is 0 Å². The van der Waals surface area contributed by atoms with E-state index in [1.165, 1.54) is 6.92 Å². The summed E-state index contributed by atoms with van der Waals surface area (Å²) in [4.78, 5) is 0. The van der Waals surface area contributed by atoms with E-state index >= 15 is 0 Å². The highest BCUT2D eigenvalue weighted by molar-refractivity contribution is 5.18. The molecule has 8 heteroatoms. The number of alkyl halides is 3. The number of halogens is 3. The van der Waals surface area contributed by atoms with Crippen molar-refractivity contribution in [2.75, 3.05) is 5.32 Å². The summed E-state index contributed by atoms with van der Waals surface area (Å²) in [5.74, 6) is 0.378. The Morgan fingerprint density at radius 1 is 1.39 bits per heavy atom. The third kappa shape index (κ3) is 4.52. The predicted molar refractivity (Wildman–Crippen MR) is 57.9 cm³/mol. The molecule has 0 saturated heterocycles. The maximum Gasteiger partial charge on any atom is 0.391 e. The Morgan fingerprint density at radius 2 is 2.11 bits per heavy atom. The first-order chi connectivity index (χ1) is 8.42. The first-order valence-corrected chi connectivity index (χ1v) is 5.81. The third-order valence-electron chi connectivity index (χ3n) is 2.49. The number of hydrogen-bond donors (Lipinski definition) is 2. The zero-order valence-corrected chi connectivity index (χ0v) is 9.92. The average molecular weight is 264 g/mol. The molecule has 0 spiro atoms. The minimum Gasteiger partial charge on any atom is -0.407 e. The van der Waals surface area contributed by atoms with E-state index in [1.807, 2.05) is 0 Å². The molecule has 0 aromatic carbocycles. The predicted octanol–water partition coefficient (Wildman–Crippen LogP) is 2.07. The Labute approximate surface area is 102 Å². The second-order valence-corrected chi connectivity index (χ2v) is 4.52. The minimum absolute atomic E-state index is 0.0272. The van der Waals surface area contributed by atoms with Crippen LogP contribution in [0.15, 0.2) is 4.42 Å². The van der Waals surface area contributed by atoms with Crippen molar-refractivity contribution in [1.29, 1.82) is 0 Å². The van der Waals surface area contributed by atoms with Gasteiger partial charge < -0.3 is 15.1 Å². The number of aromatic nitrogens is 2. The van der Waals surface area contributed by atoms with Gasteiger partial charge in [0.1, 0.15) is 0 Å². The lowest BCUT2D eigenvalue weighted by molar-refractivity contribution is -0.136. The molecule has 102 valence electrons. The van der Waals surface area contributed by atoms with Crippen LogP contribution in [0.1, 0.15) is 32.1 Å². The summed E-state index contributed by atoms with van der Waals surface area (Å²) >= 11 is 0. The van der Waals surface area contributed by atoms with Gasteiger partial charge in [0.2, 0.25) is 5.89 Å². The number of nitrogens with zero attached hydrogens (tertiary/aromatic N) is 2.